The lowest BCUT2D eigenvalue weighted by molar-refractivity contribution is -0.126. The molecule has 0 bridgehead atoms. The molecule has 7 heteroatoms. The Morgan fingerprint density at radius 2 is 2.00 bits per heavy atom. The molecule has 3 rings (SSSR count). The van der Waals surface area contributed by atoms with Gasteiger partial charge in [0.25, 0.3) is 5.91 Å². The molecule has 1 fully saturated rings. The standard InChI is InChI=1S/C19H22N2O5/c1-24-16-8-7-12(9-17(16)25-2)19(23)21-20-10-13-11-26-15-6-4-3-5-14(15)18(13)22/h7-11,14-15H,3-6H2,1-2H3,(H,21,23)/b20-10+. The number of fused-ring (bicyclic) bond motifs is 1. The smallest absolute Gasteiger partial charge is 0.271 e. The summed E-state index contributed by atoms with van der Waals surface area (Å²) in [5, 5.41) is 3.89. The molecule has 0 radical (unpaired) electrons. The van der Waals surface area contributed by atoms with Crippen molar-refractivity contribution in [2.45, 2.75) is 31.8 Å². The maximum absolute atomic E-state index is 12.5. The van der Waals surface area contributed by atoms with Gasteiger partial charge < -0.3 is 14.2 Å². The van der Waals surface area contributed by atoms with Crippen molar-refractivity contribution in [1.29, 1.82) is 0 Å². The minimum atomic E-state index is -0.414. The Balaban J connectivity index is 1.64. The summed E-state index contributed by atoms with van der Waals surface area (Å²) in [6.07, 6.45) is 6.64. The lowest BCUT2D eigenvalue weighted by atomic mass is 9.80. The SMILES string of the molecule is COc1ccc(C(=O)N/N=C/C2=COC3CCCCC3C2=O)cc1OC. The number of rotatable bonds is 5. The number of amides is 1. The second-order valence-electron chi connectivity index (χ2n) is 6.27. The van der Waals surface area contributed by atoms with Gasteiger partial charge in [0.1, 0.15) is 6.10 Å². The van der Waals surface area contributed by atoms with Crippen molar-refractivity contribution >= 4 is 17.9 Å². The van der Waals surface area contributed by atoms with Crippen molar-refractivity contribution < 1.29 is 23.8 Å². The van der Waals surface area contributed by atoms with Gasteiger partial charge in [-0.1, -0.05) is 6.42 Å². The van der Waals surface area contributed by atoms with Crippen molar-refractivity contribution in [3.8, 4) is 11.5 Å². The molecule has 1 aliphatic carbocycles. The molecule has 1 aromatic carbocycles. The second kappa shape index (κ2) is 8.03. The summed E-state index contributed by atoms with van der Waals surface area (Å²) in [4.78, 5) is 24.7. The van der Waals surface area contributed by atoms with Crippen molar-refractivity contribution in [1.82, 2.24) is 5.43 Å². The van der Waals surface area contributed by atoms with E-state index in [2.05, 4.69) is 10.5 Å². The Labute approximate surface area is 152 Å². The highest BCUT2D eigenvalue weighted by atomic mass is 16.5. The molecule has 138 valence electrons. The zero-order chi connectivity index (χ0) is 18.5. The molecule has 7 nitrogen and oxygen atoms in total. The third kappa shape index (κ3) is 3.71. The summed E-state index contributed by atoms with van der Waals surface area (Å²) in [5.74, 6) is 0.500. The molecule has 0 spiro atoms. The zero-order valence-electron chi connectivity index (χ0n) is 14.9. The van der Waals surface area contributed by atoms with Crippen LogP contribution in [0, 0.1) is 5.92 Å². The lowest BCUT2D eigenvalue weighted by Crippen LogP contribution is -2.37. The molecular weight excluding hydrogens is 336 g/mol. The quantitative estimate of drug-likeness (QED) is 0.645. The van der Waals surface area contributed by atoms with E-state index in [0.717, 1.165) is 25.7 Å². The molecule has 2 aliphatic rings. The number of methoxy groups -OCH3 is 2. The van der Waals surface area contributed by atoms with Crippen LogP contribution in [0.2, 0.25) is 0 Å². The van der Waals surface area contributed by atoms with Gasteiger partial charge >= 0.3 is 0 Å². The van der Waals surface area contributed by atoms with E-state index >= 15 is 0 Å². The van der Waals surface area contributed by atoms with Crippen molar-refractivity contribution in [3.63, 3.8) is 0 Å². The van der Waals surface area contributed by atoms with Crippen LogP contribution >= 0.6 is 0 Å². The molecule has 2 unspecified atom stereocenters. The molecular formula is C19H22N2O5. The van der Waals surface area contributed by atoms with Gasteiger partial charge in [-0.3, -0.25) is 9.59 Å². The van der Waals surface area contributed by atoms with Gasteiger partial charge in [-0.2, -0.15) is 5.10 Å². The van der Waals surface area contributed by atoms with Gasteiger partial charge in [0.2, 0.25) is 0 Å². The predicted molar refractivity (Wildman–Crippen MR) is 95.4 cm³/mol. The summed E-state index contributed by atoms with van der Waals surface area (Å²) in [6.45, 7) is 0. The number of ketones is 1. The number of benzene rings is 1. The van der Waals surface area contributed by atoms with Crippen LogP contribution in [0.1, 0.15) is 36.0 Å². The van der Waals surface area contributed by atoms with Gasteiger partial charge in [-0.25, -0.2) is 5.43 Å². The Bertz CT molecular complexity index is 756. The van der Waals surface area contributed by atoms with Gasteiger partial charge in [-0.05, 0) is 37.5 Å². The van der Waals surface area contributed by atoms with Crippen LogP contribution in [0.5, 0.6) is 11.5 Å². The fraction of sp³-hybridized carbons (Fsp3) is 0.421. The van der Waals surface area contributed by atoms with E-state index < -0.39 is 5.91 Å². The van der Waals surface area contributed by atoms with Gasteiger partial charge in [-0.15, -0.1) is 0 Å². The molecule has 1 N–H and O–H groups in total. The molecule has 26 heavy (non-hydrogen) atoms. The van der Waals surface area contributed by atoms with Gasteiger partial charge in [0.15, 0.2) is 17.3 Å². The van der Waals surface area contributed by atoms with Gasteiger partial charge in [0, 0.05) is 5.56 Å². The average Bonchev–Trinajstić information content (AvgIpc) is 2.69. The Morgan fingerprint density at radius 3 is 2.77 bits per heavy atom. The number of nitrogens with one attached hydrogen (secondary N) is 1. The van der Waals surface area contributed by atoms with E-state index in [0.29, 0.717) is 22.6 Å². The molecule has 1 amide bonds. The maximum atomic E-state index is 12.5. The summed E-state index contributed by atoms with van der Waals surface area (Å²) >= 11 is 0. The summed E-state index contributed by atoms with van der Waals surface area (Å²) < 4.78 is 16.0. The number of ether oxygens (including phenoxy) is 3. The van der Waals surface area contributed by atoms with Crippen LogP contribution in [0.25, 0.3) is 0 Å². The van der Waals surface area contributed by atoms with Crippen LogP contribution < -0.4 is 14.9 Å². The minimum absolute atomic E-state index is 0.0187. The summed E-state index contributed by atoms with van der Waals surface area (Å²) in [5.41, 5.74) is 3.16. The molecule has 0 aromatic heterocycles. The fourth-order valence-corrected chi connectivity index (χ4v) is 3.29. The number of hydrogen-bond acceptors (Lipinski definition) is 6. The first-order chi connectivity index (χ1) is 12.6. The number of Topliss-reactive ketones (excluding diaryl/α,β-unsaturated/α-hetero) is 1. The fourth-order valence-electron chi connectivity index (χ4n) is 3.29. The first kappa shape index (κ1) is 18.0. The maximum Gasteiger partial charge on any atom is 0.271 e. The van der Waals surface area contributed by atoms with E-state index in [4.69, 9.17) is 14.2 Å². The molecule has 1 aromatic rings. The summed E-state index contributed by atoms with van der Waals surface area (Å²) in [6, 6.07) is 4.80. The number of carbonyl (C=O) groups excluding carboxylic acids is 2. The van der Waals surface area contributed by atoms with Crippen LogP contribution in [0.4, 0.5) is 0 Å². The van der Waals surface area contributed by atoms with Crippen LogP contribution in [0.15, 0.2) is 35.1 Å². The van der Waals surface area contributed by atoms with E-state index in [9.17, 15) is 9.59 Å². The van der Waals surface area contributed by atoms with Crippen LogP contribution in [-0.2, 0) is 9.53 Å². The number of hydrogen-bond donors (Lipinski definition) is 1. The topological polar surface area (TPSA) is 86.2 Å². The van der Waals surface area contributed by atoms with E-state index in [1.54, 1.807) is 18.2 Å². The minimum Gasteiger partial charge on any atom is -0.496 e. The number of hydrazone groups is 1. The Hall–Kier alpha value is -2.83. The number of nitrogens with zero attached hydrogens (tertiary/aromatic N) is 1. The second-order valence-corrected chi connectivity index (χ2v) is 6.27. The molecule has 0 saturated heterocycles. The van der Waals surface area contributed by atoms with Crippen molar-refractivity contribution in [2.75, 3.05) is 14.2 Å². The highest BCUT2D eigenvalue weighted by Gasteiger charge is 2.36. The van der Waals surface area contributed by atoms with E-state index in [-0.39, 0.29) is 17.8 Å². The van der Waals surface area contributed by atoms with Crippen molar-refractivity contribution in [2.24, 2.45) is 11.0 Å². The van der Waals surface area contributed by atoms with E-state index in [1.165, 1.54) is 26.7 Å². The van der Waals surface area contributed by atoms with Crippen LogP contribution in [0.3, 0.4) is 0 Å². The number of allylic oxidation sites excluding steroid dienone is 1. The Morgan fingerprint density at radius 1 is 1.23 bits per heavy atom. The van der Waals surface area contributed by atoms with Crippen LogP contribution in [-0.4, -0.2) is 38.2 Å². The first-order valence-corrected chi connectivity index (χ1v) is 8.59. The molecule has 1 saturated carbocycles. The largest absolute Gasteiger partial charge is 0.496 e. The summed E-state index contributed by atoms with van der Waals surface area (Å²) in [7, 11) is 3.02. The normalized spacial score (nSPS) is 22.2. The first-order valence-electron chi connectivity index (χ1n) is 8.59. The molecule has 2 atom stereocenters. The highest BCUT2D eigenvalue weighted by Crippen LogP contribution is 2.32. The third-order valence-electron chi connectivity index (χ3n) is 4.71. The monoisotopic (exact) mass is 358 g/mol. The molecule has 1 aliphatic heterocycles. The van der Waals surface area contributed by atoms with Crippen molar-refractivity contribution in [3.05, 3.63) is 35.6 Å². The molecule has 1 heterocycles. The average molecular weight is 358 g/mol. The lowest BCUT2D eigenvalue weighted by Gasteiger charge is -2.33. The Kier molecular flexibility index (Phi) is 5.55. The third-order valence-corrected chi connectivity index (χ3v) is 4.71. The van der Waals surface area contributed by atoms with E-state index in [1.807, 2.05) is 0 Å². The van der Waals surface area contributed by atoms with Gasteiger partial charge in [0.05, 0.1) is 38.2 Å². The number of carbonyl (C=O) groups is 2. The highest BCUT2D eigenvalue weighted by molar-refractivity contribution is 6.14. The zero-order valence-corrected chi connectivity index (χ0v) is 14.9. The predicted octanol–water partition coefficient (Wildman–Crippen LogP) is 2.46.